The molecule has 0 spiro atoms. The van der Waals surface area contributed by atoms with Gasteiger partial charge in [0.1, 0.15) is 0 Å². The molecule has 3 nitrogen and oxygen atoms in total. The SMILES string of the molecule is NS(=O)(=O)C12CC3CC(CC(C3)C1)C2. The third kappa shape index (κ3) is 1.10. The molecule has 0 unspecified atom stereocenters. The summed E-state index contributed by atoms with van der Waals surface area (Å²) in [5.41, 5.74) is 0. The second kappa shape index (κ2) is 2.53. The molecule has 4 rings (SSSR count). The van der Waals surface area contributed by atoms with Crippen LogP contribution in [0.2, 0.25) is 0 Å². The zero-order valence-electron chi connectivity index (χ0n) is 8.28. The van der Waals surface area contributed by atoms with Gasteiger partial charge >= 0.3 is 0 Å². The molecule has 4 aliphatic carbocycles. The van der Waals surface area contributed by atoms with Crippen LogP contribution in [0, 0.1) is 17.8 Å². The molecule has 0 aromatic rings. The van der Waals surface area contributed by atoms with E-state index in [2.05, 4.69) is 0 Å². The molecule has 2 N–H and O–H groups in total. The van der Waals surface area contributed by atoms with Gasteiger partial charge in [-0.15, -0.1) is 0 Å². The Morgan fingerprint density at radius 1 is 0.929 bits per heavy atom. The minimum atomic E-state index is -3.32. The monoisotopic (exact) mass is 215 g/mol. The van der Waals surface area contributed by atoms with Gasteiger partial charge in [-0.05, 0) is 56.3 Å². The van der Waals surface area contributed by atoms with Crippen molar-refractivity contribution in [3.05, 3.63) is 0 Å². The van der Waals surface area contributed by atoms with Gasteiger partial charge in [0.25, 0.3) is 0 Å². The minimum Gasteiger partial charge on any atom is -0.228 e. The molecule has 4 saturated carbocycles. The van der Waals surface area contributed by atoms with E-state index in [1.807, 2.05) is 0 Å². The Balaban J connectivity index is 2.03. The summed E-state index contributed by atoms with van der Waals surface area (Å²) in [6.45, 7) is 0. The fourth-order valence-corrected chi connectivity index (χ4v) is 5.78. The average Bonchev–Trinajstić information content (AvgIpc) is 1.98. The third-order valence-corrected chi connectivity index (χ3v) is 6.29. The van der Waals surface area contributed by atoms with Crippen molar-refractivity contribution in [2.45, 2.75) is 43.3 Å². The second-order valence-corrected chi connectivity index (χ2v) is 7.60. The molecule has 14 heavy (non-hydrogen) atoms. The minimum absolute atomic E-state index is 0.512. The summed E-state index contributed by atoms with van der Waals surface area (Å²) in [4.78, 5) is 0. The maximum atomic E-state index is 11.7. The van der Waals surface area contributed by atoms with Gasteiger partial charge in [0, 0.05) is 0 Å². The first-order valence-corrected chi connectivity index (χ1v) is 7.05. The Hall–Kier alpha value is -0.0900. The lowest BCUT2D eigenvalue weighted by molar-refractivity contribution is 0.0339. The Labute approximate surface area is 85.1 Å². The van der Waals surface area contributed by atoms with Crippen LogP contribution in [0.1, 0.15) is 38.5 Å². The highest BCUT2D eigenvalue weighted by molar-refractivity contribution is 7.90. The second-order valence-electron chi connectivity index (χ2n) is 5.65. The number of sulfonamides is 1. The van der Waals surface area contributed by atoms with E-state index in [1.165, 1.54) is 19.3 Å². The van der Waals surface area contributed by atoms with Gasteiger partial charge in [0.15, 0.2) is 0 Å². The van der Waals surface area contributed by atoms with E-state index < -0.39 is 14.8 Å². The highest BCUT2D eigenvalue weighted by Gasteiger charge is 2.56. The van der Waals surface area contributed by atoms with Crippen molar-refractivity contribution in [1.29, 1.82) is 0 Å². The van der Waals surface area contributed by atoms with E-state index in [0.29, 0.717) is 17.8 Å². The summed E-state index contributed by atoms with van der Waals surface area (Å²) >= 11 is 0. The molecule has 0 radical (unpaired) electrons. The molecule has 0 amide bonds. The maximum Gasteiger partial charge on any atom is 0.214 e. The van der Waals surface area contributed by atoms with E-state index in [0.717, 1.165) is 19.3 Å². The Morgan fingerprint density at radius 3 is 1.57 bits per heavy atom. The van der Waals surface area contributed by atoms with E-state index in [1.54, 1.807) is 0 Å². The van der Waals surface area contributed by atoms with Gasteiger partial charge in [-0.3, -0.25) is 0 Å². The molecular weight excluding hydrogens is 198 g/mol. The van der Waals surface area contributed by atoms with Crippen LogP contribution in [-0.2, 0) is 10.0 Å². The Kier molecular flexibility index (Phi) is 1.65. The summed E-state index contributed by atoms with van der Waals surface area (Å²) in [7, 11) is -3.32. The van der Waals surface area contributed by atoms with Gasteiger partial charge in [0.2, 0.25) is 10.0 Å². The van der Waals surface area contributed by atoms with Crippen LogP contribution in [0.15, 0.2) is 0 Å². The summed E-state index contributed by atoms with van der Waals surface area (Å²) in [6.07, 6.45) is 6.31. The lowest BCUT2D eigenvalue weighted by Gasteiger charge is -2.55. The van der Waals surface area contributed by atoms with Crippen molar-refractivity contribution >= 4 is 10.0 Å². The molecule has 0 atom stereocenters. The molecule has 4 heteroatoms. The molecule has 0 aliphatic heterocycles. The first kappa shape index (κ1) is 9.16. The largest absolute Gasteiger partial charge is 0.228 e. The molecule has 4 fully saturated rings. The Bertz CT molecular complexity index is 325. The standard InChI is InChI=1S/C10H17NO2S/c11-14(12,13)10-4-7-1-8(5-10)3-9(2-7)6-10/h7-9H,1-6H2,(H2,11,12,13). The predicted molar refractivity (Wildman–Crippen MR) is 54.0 cm³/mol. The number of rotatable bonds is 1. The summed E-state index contributed by atoms with van der Waals surface area (Å²) in [6, 6.07) is 0. The molecule has 80 valence electrons. The van der Waals surface area contributed by atoms with Gasteiger partial charge in [-0.1, -0.05) is 0 Å². The summed E-state index contributed by atoms with van der Waals surface area (Å²) in [5, 5.41) is 5.41. The van der Waals surface area contributed by atoms with Gasteiger partial charge in [0.05, 0.1) is 4.75 Å². The van der Waals surface area contributed by atoms with Crippen molar-refractivity contribution in [3.8, 4) is 0 Å². The lowest BCUT2D eigenvalue weighted by atomic mass is 9.56. The Morgan fingerprint density at radius 2 is 1.29 bits per heavy atom. The molecule has 0 saturated heterocycles. The van der Waals surface area contributed by atoms with Crippen LogP contribution < -0.4 is 5.14 Å². The van der Waals surface area contributed by atoms with Gasteiger partial charge in [-0.25, -0.2) is 13.6 Å². The first-order chi connectivity index (χ1) is 6.48. The lowest BCUT2D eigenvalue weighted by Crippen LogP contribution is -2.56. The predicted octanol–water partition coefficient (Wildman–Crippen LogP) is 1.24. The molecule has 0 aromatic carbocycles. The number of primary sulfonamides is 1. The van der Waals surface area contributed by atoms with Crippen LogP contribution >= 0.6 is 0 Å². The van der Waals surface area contributed by atoms with E-state index in [-0.39, 0.29) is 0 Å². The molecule has 4 bridgehead atoms. The smallest absolute Gasteiger partial charge is 0.214 e. The number of hydrogen-bond acceptors (Lipinski definition) is 2. The van der Waals surface area contributed by atoms with Crippen LogP contribution in [0.3, 0.4) is 0 Å². The van der Waals surface area contributed by atoms with Crippen LogP contribution in [0.4, 0.5) is 0 Å². The third-order valence-electron chi connectivity index (χ3n) is 4.59. The van der Waals surface area contributed by atoms with Gasteiger partial charge < -0.3 is 0 Å². The molecular formula is C10H17NO2S. The van der Waals surface area contributed by atoms with Crippen molar-refractivity contribution in [3.63, 3.8) is 0 Å². The normalized spacial score (nSPS) is 51.1. The molecule has 0 aromatic heterocycles. The highest BCUT2D eigenvalue weighted by atomic mass is 32.2. The molecule has 4 aliphatic rings. The van der Waals surface area contributed by atoms with E-state index in [4.69, 9.17) is 5.14 Å². The van der Waals surface area contributed by atoms with Crippen molar-refractivity contribution in [2.75, 3.05) is 0 Å². The fraction of sp³-hybridized carbons (Fsp3) is 1.00. The van der Waals surface area contributed by atoms with Crippen LogP contribution in [-0.4, -0.2) is 13.2 Å². The fourth-order valence-electron chi connectivity index (χ4n) is 4.38. The van der Waals surface area contributed by atoms with Crippen molar-refractivity contribution < 1.29 is 8.42 Å². The summed E-state index contributed by atoms with van der Waals surface area (Å²) in [5.74, 6) is 1.96. The molecule has 0 heterocycles. The van der Waals surface area contributed by atoms with E-state index in [9.17, 15) is 8.42 Å². The highest BCUT2D eigenvalue weighted by Crippen LogP contribution is 2.57. The zero-order chi connectivity index (χ0) is 9.97. The van der Waals surface area contributed by atoms with Crippen molar-refractivity contribution in [1.82, 2.24) is 0 Å². The number of nitrogens with two attached hydrogens (primary N) is 1. The van der Waals surface area contributed by atoms with Crippen molar-refractivity contribution in [2.24, 2.45) is 22.9 Å². The van der Waals surface area contributed by atoms with Crippen LogP contribution in [0.5, 0.6) is 0 Å². The quantitative estimate of drug-likeness (QED) is 0.715. The van der Waals surface area contributed by atoms with Crippen LogP contribution in [0.25, 0.3) is 0 Å². The maximum absolute atomic E-state index is 11.7. The summed E-state index contributed by atoms with van der Waals surface area (Å²) < 4.78 is 22.8. The number of hydrogen-bond donors (Lipinski definition) is 1. The average molecular weight is 215 g/mol. The zero-order valence-corrected chi connectivity index (χ0v) is 9.09. The van der Waals surface area contributed by atoms with E-state index >= 15 is 0 Å². The van der Waals surface area contributed by atoms with Gasteiger partial charge in [-0.2, -0.15) is 0 Å². The first-order valence-electron chi connectivity index (χ1n) is 5.51. The topological polar surface area (TPSA) is 60.2 Å².